The van der Waals surface area contributed by atoms with Crippen molar-refractivity contribution in [3.05, 3.63) is 29.0 Å². The molecule has 0 aliphatic heterocycles. The molecule has 2 atom stereocenters. The summed E-state index contributed by atoms with van der Waals surface area (Å²) in [7, 11) is 0. The number of para-hydroxylation sites is 1. The number of benzene rings is 1. The van der Waals surface area contributed by atoms with Gasteiger partial charge in [0.2, 0.25) is 5.91 Å². The Morgan fingerprint density at radius 1 is 1.33 bits per heavy atom. The molecule has 1 rings (SSSR count). The van der Waals surface area contributed by atoms with E-state index < -0.39 is 29.5 Å². The van der Waals surface area contributed by atoms with E-state index in [1.165, 1.54) is 26.0 Å². The van der Waals surface area contributed by atoms with Gasteiger partial charge < -0.3 is 10.4 Å². The molecule has 0 saturated carbocycles. The summed E-state index contributed by atoms with van der Waals surface area (Å²) in [6.07, 6.45) is 0. The van der Waals surface area contributed by atoms with E-state index in [1.54, 1.807) is 0 Å². The highest BCUT2D eigenvalue weighted by atomic mass is 35.5. The maximum Gasteiger partial charge on any atom is 0.307 e. The number of rotatable bonds is 4. The summed E-state index contributed by atoms with van der Waals surface area (Å²) in [5.41, 5.74) is -0.131. The second-order valence-electron chi connectivity index (χ2n) is 4.00. The van der Waals surface area contributed by atoms with Crippen LogP contribution in [0, 0.1) is 17.7 Å². The summed E-state index contributed by atoms with van der Waals surface area (Å²) in [6, 6.07) is 4.01. The van der Waals surface area contributed by atoms with Gasteiger partial charge in [-0.05, 0) is 12.1 Å². The smallest absolute Gasteiger partial charge is 0.307 e. The van der Waals surface area contributed by atoms with Crippen LogP contribution in [-0.4, -0.2) is 17.0 Å². The summed E-state index contributed by atoms with van der Waals surface area (Å²) < 4.78 is 13.4. The molecule has 0 heterocycles. The lowest BCUT2D eigenvalue weighted by molar-refractivity contribution is -0.145. The van der Waals surface area contributed by atoms with Crippen LogP contribution in [-0.2, 0) is 9.59 Å². The second-order valence-corrected chi connectivity index (χ2v) is 4.41. The van der Waals surface area contributed by atoms with Crippen molar-refractivity contribution in [3.63, 3.8) is 0 Å². The Hall–Kier alpha value is -1.62. The SMILES string of the molecule is CC(C(=O)O)C(C)C(=O)Nc1c(F)cccc1Cl. The van der Waals surface area contributed by atoms with Crippen molar-refractivity contribution in [2.45, 2.75) is 13.8 Å². The summed E-state index contributed by atoms with van der Waals surface area (Å²) in [5, 5.41) is 11.2. The van der Waals surface area contributed by atoms with Crippen LogP contribution in [0.15, 0.2) is 18.2 Å². The number of anilines is 1. The van der Waals surface area contributed by atoms with Crippen LogP contribution in [0.1, 0.15) is 13.8 Å². The molecule has 0 aliphatic carbocycles. The number of hydrogen-bond acceptors (Lipinski definition) is 2. The van der Waals surface area contributed by atoms with Gasteiger partial charge in [-0.15, -0.1) is 0 Å². The number of nitrogens with one attached hydrogen (secondary N) is 1. The maximum atomic E-state index is 13.4. The molecule has 0 saturated heterocycles. The molecule has 0 fully saturated rings. The predicted octanol–water partition coefficient (Wildman–Crippen LogP) is 2.77. The van der Waals surface area contributed by atoms with Gasteiger partial charge in [-0.1, -0.05) is 31.5 Å². The number of carbonyl (C=O) groups is 2. The van der Waals surface area contributed by atoms with E-state index in [9.17, 15) is 14.0 Å². The normalized spacial score (nSPS) is 13.8. The summed E-state index contributed by atoms with van der Waals surface area (Å²) >= 11 is 5.75. The van der Waals surface area contributed by atoms with Crippen LogP contribution in [0.4, 0.5) is 10.1 Å². The number of carboxylic acid groups (broad SMARTS) is 1. The molecule has 6 heteroatoms. The number of carboxylic acids is 1. The number of carbonyl (C=O) groups excluding carboxylic acids is 1. The van der Waals surface area contributed by atoms with E-state index in [-0.39, 0.29) is 10.7 Å². The van der Waals surface area contributed by atoms with Gasteiger partial charge in [-0.25, -0.2) is 4.39 Å². The zero-order valence-corrected chi connectivity index (χ0v) is 10.7. The van der Waals surface area contributed by atoms with Crippen molar-refractivity contribution in [2.75, 3.05) is 5.32 Å². The van der Waals surface area contributed by atoms with Crippen LogP contribution in [0.5, 0.6) is 0 Å². The molecule has 4 nitrogen and oxygen atoms in total. The molecule has 0 aliphatic rings. The monoisotopic (exact) mass is 273 g/mol. The lowest BCUT2D eigenvalue weighted by Gasteiger charge is -2.16. The molecule has 1 aromatic rings. The first-order valence-electron chi connectivity index (χ1n) is 5.32. The van der Waals surface area contributed by atoms with Crippen molar-refractivity contribution in [3.8, 4) is 0 Å². The van der Waals surface area contributed by atoms with Gasteiger partial charge in [0.1, 0.15) is 5.82 Å². The Balaban J connectivity index is 2.85. The molecular formula is C12H13ClFNO3. The second kappa shape index (κ2) is 5.82. The van der Waals surface area contributed by atoms with E-state index in [2.05, 4.69) is 5.32 Å². The zero-order chi connectivity index (χ0) is 13.9. The van der Waals surface area contributed by atoms with Crippen LogP contribution in [0.25, 0.3) is 0 Å². The number of halogens is 2. The first-order chi connectivity index (χ1) is 8.34. The molecule has 98 valence electrons. The highest BCUT2D eigenvalue weighted by molar-refractivity contribution is 6.33. The third-order valence-corrected chi connectivity index (χ3v) is 3.08. The quantitative estimate of drug-likeness (QED) is 0.886. The van der Waals surface area contributed by atoms with Crippen LogP contribution < -0.4 is 5.32 Å². The Morgan fingerprint density at radius 3 is 2.44 bits per heavy atom. The molecule has 0 bridgehead atoms. The van der Waals surface area contributed by atoms with Gasteiger partial charge in [-0.2, -0.15) is 0 Å². The molecular weight excluding hydrogens is 261 g/mol. The molecule has 2 N–H and O–H groups in total. The first-order valence-corrected chi connectivity index (χ1v) is 5.70. The van der Waals surface area contributed by atoms with Gasteiger partial charge >= 0.3 is 5.97 Å². The molecule has 1 aromatic carbocycles. The first kappa shape index (κ1) is 14.4. The van der Waals surface area contributed by atoms with Crippen LogP contribution in [0.3, 0.4) is 0 Å². The summed E-state index contributed by atoms with van der Waals surface area (Å²) in [5.74, 6) is -3.99. The molecule has 0 aromatic heterocycles. The van der Waals surface area contributed by atoms with Gasteiger partial charge in [0, 0.05) is 5.92 Å². The highest BCUT2D eigenvalue weighted by Crippen LogP contribution is 2.25. The van der Waals surface area contributed by atoms with Crippen molar-refractivity contribution >= 4 is 29.2 Å². The molecule has 18 heavy (non-hydrogen) atoms. The fraction of sp³-hybridized carbons (Fsp3) is 0.333. The number of amides is 1. The Kier molecular flexibility index (Phi) is 4.67. The van der Waals surface area contributed by atoms with Crippen LogP contribution >= 0.6 is 11.6 Å². The van der Waals surface area contributed by atoms with Crippen molar-refractivity contribution in [1.82, 2.24) is 0 Å². The summed E-state index contributed by atoms with van der Waals surface area (Å²) in [4.78, 5) is 22.5. The van der Waals surface area contributed by atoms with Gasteiger partial charge in [0.05, 0.1) is 16.6 Å². The van der Waals surface area contributed by atoms with Crippen molar-refractivity contribution in [1.29, 1.82) is 0 Å². The van der Waals surface area contributed by atoms with E-state index in [1.807, 2.05) is 0 Å². The van der Waals surface area contributed by atoms with E-state index in [0.29, 0.717) is 0 Å². The minimum absolute atomic E-state index is 0.0681. The van der Waals surface area contributed by atoms with E-state index >= 15 is 0 Å². The average molecular weight is 274 g/mol. The lowest BCUT2D eigenvalue weighted by Crippen LogP contribution is -2.30. The molecule has 2 unspecified atom stereocenters. The average Bonchev–Trinajstić information content (AvgIpc) is 2.31. The maximum absolute atomic E-state index is 13.4. The van der Waals surface area contributed by atoms with Gasteiger partial charge in [0.15, 0.2) is 0 Å². The Morgan fingerprint density at radius 2 is 1.94 bits per heavy atom. The fourth-order valence-electron chi connectivity index (χ4n) is 1.30. The van der Waals surface area contributed by atoms with Crippen molar-refractivity contribution < 1.29 is 19.1 Å². The number of aliphatic carboxylic acids is 1. The topological polar surface area (TPSA) is 66.4 Å². The van der Waals surface area contributed by atoms with E-state index in [4.69, 9.17) is 16.7 Å². The minimum atomic E-state index is -1.09. The Labute approximate surface area is 109 Å². The van der Waals surface area contributed by atoms with Crippen LogP contribution in [0.2, 0.25) is 5.02 Å². The molecule has 0 spiro atoms. The molecule has 1 amide bonds. The van der Waals surface area contributed by atoms with Crippen molar-refractivity contribution in [2.24, 2.45) is 11.8 Å². The Bertz CT molecular complexity index is 458. The van der Waals surface area contributed by atoms with Gasteiger partial charge in [-0.3, -0.25) is 9.59 Å². The van der Waals surface area contributed by atoms with Gasteiger partial charge in [0.25, 0.3) is 0 Å². The highest BCUT2D eigenvalue weighted by Gasteiger charge is 2.26. The lowest BCUT2D eigenvalue weighted by atomic mass is 9.95. The zero-order valence-electron chi connectivity index (χ0n) is 9.91. The fourth-order valence-corrected chi connectivity index (χ4v) is 1.51. The molecule has 0 radical (unpaired) electrons. The van der Waals surface area contributed by atoms with E-state index in [0.717, 1.165) is 6.07 Å². The third kappa shape index (κ3) is 3.20. The summed E-state index contributed by atoms with van der Waals surface area (Å²) in [6.45, 7) is 2.87. The largest absolute Gasteiger partial charge is 0.481 e. The third-order valence-electron chi connectivity index (χ3n) is 2.76. The minimum Gasteiger partial charge on any atom is -0.481 e. The predicted molar refractivity (Wildman–Crippen MR) is 66.0 cm³/mol. The number of hydrogen-bond donors (Lipinski definition) is 2. The standard InChI is InChI=1S/C12H13ClFNO3/c1-6(7(2)12(17)18)11(16)15-10-8(13)4-3-5-9(10)14/h3-7H,1-2H3,(H,15,16)(H,17,18).